The number of hydrogen-bond acceptors (Lipinski definition) is 4. The van der Waals surface area contributed by atoms with Crippen LogP contribution in [-0.4, -0.2) is 4.98 Å². The molecule has 0 saturated heterocycles. The summed E-state index contributed by atoms with van der Waals surface area (Å²) in [7, 11) is 0. The van der Waals surface area contributed by atoms with Gasteiger partial charge in [0.2, 0.25) is 0 Å². The summed E-state index contributed by atoms with van der Waals surface area (Å²) in [4.78, 5) is 5.68. The van der Waals surface area contributed by atoms with Crippen molar-refractivity contribution in [1.82, 2.24) is 4.98 Å². The van der Waals surface area contributed by atoms with Crippen LogP contribution in [0.5, 0.6) is 0 Å². The van der Waals surface area contributed by atoms with Crippen molar-refractivity contribution >= 4 is 22.2 Å². The number of nitrogens with two attached hydrogens (primary N) is 1. The van der Waals surface area contributed by atoms with E-state index in [1.165, 1.54) is 4.88 Å². The van der Waals surface area contributed by atoms with Crippen LogP contribution in [0.25, 0.3) is 0 Å². The number of benzene rings is 1. The molecular formula is C12H15N3S. The van der Waals surface area contributed by atoms with Gasteiger partial charge in [-0.25, -0.2) is 4.98 Å². The lowest BCUT2D eigenvalue weighted by Crippen LogP contribution is -1.97. The minimum Gasteiger partial charge on any atom is -0.332 e. The molecule has 0 atom stereocenters. The average molecular weight is 233 g/mol. The zero-order chi connectivity index (χ0) is 11.5. The molecule has 0 radical (unpaired) electrons. The Labute approximate surface area is 99.3 Å². The highest BCUT2D eigenvalue weighted by molar-refractivity contribution is 7.15. The standard InChI is InChI=1S/C12H15N3S/c1-8-9(2)16-12(14-8)15-11-5-3-4-10(6-11)7-13/h3-6H,7,13H2,1-2H3,(H,14,15). The van der Waals surface area contributed by atoms with Crippen LogP contribution in [-0.2, 0) is 6.54 Å². The minimum atomic E-state index is 0.561. The number of nitrogens with one attached hydrogen (secondary N) is 1. The molecule has 0 unspecified atom stereocenters. The van der Waals surface area contributed by atoms with E-state index >= 15 is 0 Å². The van der Waals surface area contributed by atoms with Gasteiger partial charge in [0, 0.05) is 17.1 Å². The molecule has 0 aliphatic carbocycles. The Bertz CT molecular complexity index is 471. The summed E-state index contributed by atoms with van der Waals surface area (Å²) in [5.41, 5.74) is 8.84. The van der Waals surface area contributed by atoms with Crippen molar-refractivity contribution in [1.29, 1.82) is 0 Å². The van der Waals surface area contributed by atoms with E-state index in [4.69, 9.17) is 5.73 Å². The second-order valence-corrected chi connectivity index (χ2v) is 4.89. The van der Waals surface area contributed by atoms with E-state index in [0.29, 0.717) is 6.54 Å². The van der Waals surface area contributed by atoms with E-state index in [2.05, 4.69) is 17.2 Å². The minimum absolute atomic E-state index is 0.561. The number of anilines is 2. The summed E-state index contributed by atoms with van der Waals surface area (Å²) >= 11 is 1.67. The number of thiazole rings is 1. The molecule has 84 valence electrons. The topological polar surface area (TPSA) is 50.9 Å². The Morgan fingerprint density at radius 1 is 1.38 bits per heavy atom. The molecule has 1 aromatic carbocycles. The van der Waals surface area contributed by atoms with Gasteiger partial charge in [-0.1, -0.05) is 12.1 Å². The maximum Gasteiger partial charge on any atom is 0.187 e. The van der Waals surface area contributed by atoms with Gasteiger partial charge in [0.25, 0.3) is 0 Å². The van der Waals surface area contributed by atoms with Gasteiger partial charge in [-0.15, -0.1) is 11.3 Å². The monoisotopic (exact) mass is 233 g/mol. The molecule has 0 spiro atoms. The summed E-state index contributed by atoms with van der Waals surface area (Å²) in [5, 5.41) is 4.23. The highest BCUT2D eigenvalue weighted by Crippen LogP contribution is 2.25. The van der Waals surface area contributed by atoms with Crippen LogP contribution in [0, 0.1) is 13.8 Å². The van der Waals surface area contributed by atoms with Crippen LogP contribution < -0.4 is 11.1 Å². The maximum atomic E-state index is 5.60. The predicted octanol–water partition coefficient (Wildman–Crippen LogP) is 2.96. The normalized spacial score (nSPS) is 10.4. The van der Waals surface area contributed by atoms with Gasteiger partial charge in [-0.05, 0) is 31.5 Å². The van der Waals surface area contributed by atoms with Gasteiger partial charge in [-0.3, -0.25) is 0 Å². The fraction of sp³-hybridized carbons (Fsp3) is 0.250. The lowest BCUT2D eigenvalue weighted by molar-refractivity contribution is 1.07. The van der Waals surface area contributed by atoms with E-state index < -0.39 is 0 Å². The largest absolute Gasteiger partial charge is 0.332 e. The van der Waals surface area contributed by atoms with Crippen LogP contribution in [0.3, 0.4) is 0 Å². The number of aryl methyl sites for hydroxylation is 2. The molecule has 0 fully saturated rings. The summed E-state index contributed by atoms with van der Waals surface area (Å²) in [6.45, 7) is 4.66. The molecule has 1 heterocycles. The Hall–Kier alpha value is -1.39. The van der Waals surface area contributed by atoms with Crippen LogP contribution in [0.4, 0.5) is 10.8 Å². The number of rotatable bonds is 3. The van der Waals surface area contributed by atoms with E-state index in [0.717, 1.165) is 22.1 Å². The third kappa shape index (κ3) is 2.40. The Morgan fingerprint density at radius 3 is 2.81 bits per heavy atom. The van der Waals surface area contributed by atoms with Gasteiger partial charge >= 0.3 is 0 Å². The molecular weight excluding hydrogens is 218 g/mol. The molecule has 4 heteroatoms. The number of nitrogens with zero attached hydrogens (tertiary/aromatic N) is 1. The SMILES string of the molecule is Cc1nc(Nc2cccc(CN)c2)sc1C. The van der Waals surface area contributed by atoms with Gasteiger partial charge < -0.3 is 11.1 Å². The van der Waals surface area contributed by atoms with E-state index in [1.807, 2.05) is 31.2 Å². The van der Waals surface area contributed by atoms with Gasteiger partial charge in [0.15, 0.2) is 5.13 Å². The van der Waals surface area contributed by atoms with Crippen molar-refractivity contribution in [2.24, 2.45) is 5.73 Å². The first-order chi connectivity index (χ1) is 7.69. The van der Waals surface area contributed by atoms with Crippen molar-refractivity contribution in [2.75, 3.05) is 5.32 Å². The molecule has 1 aromatic heterocycles. The zero-order valence-corrected chi connectivity index (χ0v) is 10.3. The number of hydrogen-bond donors (Lipinski definition) is 2. The first-order valence-corrected chi connectivity index (χ1v) is 6.01. The second-order valence-electron chi connectivity index (χ2n) is 3.69. The Balaban J connectivity index is 2.20. The Kier molecular flexibility index (Phi) is 3.22. The third-order valence-corrected chi connectivity index (χ3v) is 3.43. The highest BCUT2D eigenvalue weighted by atomic mass is 32.1. The fourth-order valence-electron chi connectivity index (χ4n) is 1.43. The van der Waals surface area contributed by atoms with E-state index in [9.17, 15) is 0 Å². The molecule has 0 amide bonds. The van der Waals surface area contributed by atoms with Gasteiger partial charge in [0.1, 0.15) is 0 Å². The summed E-state index contributed by atoms with van der Waals surface area (Å²) < 4.78 is 0. The highest BCUT2D eigenvalue weighted by Gasteiger charge is 2.03. The molecule has 16 heavy (non-hydrogen) atoms. The zero-order valence-electron chi connectivity index (χ0n) is 9.45. The smallest absolute Gasteiger partial charge is 0.187 e. The summed E-state index contributed by atoms with van der Waals surface area (Å²) in [5.74, 6) is 0. The lowest BCUT2D eigenvalue weighted by atomic mass is 10.2. The predicted molar refractivity (Wildman–Crippen MR) is 69.2 cm³/mol. The molecule has 3 nitrogen and oxygen atoms in total. The molecule has 3 N–H and O–H groups in total. The molecule has 0 aliphatic heterocycles. The van der Waals surface area contributed by atoms with Crippen molar-refractivity contribution in [3.63, 3.8) is 0 Å². The maximum absolute atomic E-state index is 5.60. The van der Waals surface area contributed by atoms with Crippen molar-refractivity contribution in [3.8, 4) is 0 Å². The number of aromatic nitrogens is 1. The van der Waals surface area contributed by atoms with Crippen LogP contribution >= 0.6 is 11.3 Å². The quantitative estimate of drug-likeness (QED) is 0.857. The average Bonchev–Trinajstić information content (AvgIpc) is 2.58. The first-order valence-electron chi connectivity index (χ1n) is 5.19. The van der Waals surface area contributed by atoms with E-state index in [1.54, 1.807) is 11.3 Å². The first kappa shape index (κ1) is 11.1. The summed E-state index contributed by atoms with van der Waals surface area (Å²) in [6, 6.07) is 8.08. The lowest BCUT2D eigenvalue weighted by Gasteiger charge is -2.04. The molecule has 2 rings (SSSR count). The van der Waals surface area contributed by atoms with Gasteiger partial charge in [-0.2, -0.15) is 0 Å². The molecule has 0 saturated carbocycles. The van der Waals surface area contributed by atoms with Gasteiger partial charge in [0.05, 0.1) is 5.69 Å². The molecule has 0 bridgehead atoms. The van der Waals surface area contributed by atoms with Crippen molar-refractivity contribution < 1.29 is 0 Å². The van der Waals surface area contributed by atoms with E-state index in [-0.39, 0.29) is 0 Å². The summed E-state index contributed by atoms with van der Waals surface area (Å²) in [6.07, 6.45) is 0. The van der Waals surface area contributed by atoms with Crippen molar-refractivity contribution in [3.05, 3.63) is 40.4 Å². The molecule has 0 aliphatic rings. The van der Waals surface area contributed by atoms with Crippen LogP contribution in [0.15, 0.2) is 24.3 Å². The third-order valence-electron chi connectivity index (χ3n) is 2.44. The molecule has 2 aromatic rings. The Morgan fingerprint density at radius 2 is 2.19 bits per heavy atom. The second kappa shape index (κ2) is 4.63. The van der Waals surface area contributed by atoms with Crippen LogP contribution in [0.2, 0.25) is 0 Å². The fourth-order valence-corrected chi connectivity index (χ4v) is 2.26. The van der Waals surface area contributed by atoms with Crippen LogP contribution in [0.1, 0.15) is 16.1 Å². The van der Waals surface area contributed by atoms with Crippen molar-refractivity contribution in [2.45, 2.75) is 20.4 Å².